The second kappa shape index (κ2) is 12.3. The average Bonchev–Trinajstić information content (AvgIpc) is 3.85. The summed E-state index contributed by atoms with van der Waals surface area (Å²) in [6.45, 7) is 17.3. The number of carbonyl (C=O) groups is 2. The number of amides is 2. The number of aromatic nitrogens is 4. The van der Waals surface area contributed by atoms with Crippen LogP contribution in [0.5, 0.6) is 0 Å². The average molecular weight is 679 g/mol. The van der Waals surface area contributed by atoms with Crippen molar-refractivity contribution in [3.05, 3.63) is 71.6 Å². The predicted molar refractivity (Wildman–Crippen MR) is 194 cm³/mol. The first-order valence-electron chi connectivity index (χ1n) is 17.9. The molecular weight excluding hydrogens is 628 g/mol. The number of rotatable bonds is 4. The van der Waals surface area contributed by atoms with E-state index in [1.807, 2.05) is 53.9 Å². The summed E-state index contributed by atoms with van der Waals surface area (Å²) in [4.78, 5) is 46.0. The molecule has 3 aliphatic rings. The van der Waals surface area contributed by atoms with Crippen molar-refractivity contribution in [3.63, 3.8) is 0 Å². The second-order valence-electron chi connectivity index (χ2n) is 16.7. The SMILES string of the molecule is CC(C)(C)OC(=O)N1CCCC1c1ncc(-c2ccc3c(c2)CC(C)(C)c2cc(-c4cnc(C5CCCN5C(=O)OC(C)(C)C)[nH]4)ccc2-3)[nH]1. The number of hydrogen-bond donors (Lipinski definition) is 2. The summed E-state index contributed by atoms with van der Waals surface area (Å²) in [6.07, 6.45) is 7.63. The van der Waals surface area contributed by atoms with E-state index >= 15 is 0 Å². The minimum atomic E-state index is -0.542. The summed E-state index contributed by atoms with van der Waals surface area (Å²) in [5.74, 6) is 1.59. The number of fused-ring (bicyclic) bond motifs is 3. The van der Waals surface area contributed by atoms with Gasteiger partial charge in [-0.15, -0.1) is 0 Å². The smallest absolute Gasteiger partial charge is 0.410 e. The minimum absolute atomic E-state index is 0.101. The van der Waals surface area contributed by atoms with Crippen molar-refractivity contribution in [2.45, 2.75) is 116 Å². The van der Waals surface area contributed by atoms with Crippen LogP contribution >= 0.6 is 0 Å². The van der Waals surface area contributed by atoms with Gasteiger partial charge in [0.05, 0.1) is 35.9 Å². The quantitative estimate of drug-likeness (QED) is 0.222. The Morgan fingerprint density at radius 2 is 1.22 bits per heavy atom. The largest absolute Gasteiger partial charge is 0.444 e. The van der Waals surface area contributed by atoms with Gasteiger partial charge in [-0.2, -0.15) is 0 Å². The van der Waals surface area contributed by atoms with Gasteiger partial charge in [-0.05, 0) is 125 Å². The molecule has 2 aliphatic heterocycles. The summed E-state index contributed by atoms with van der Waals surface area (Å²) in [5.41, 5.74) is 7.94. The molecule has 2 amide bonds. The molecule has 264 valence electrons. The maximum absolute atomic E-state index is 12.9. The Bertz CT molecular complexity index is 1930. The number of carbonyl (C=O) groups excluding carboxylic acids is 2. The van der Waals surface area contributed by atoms with E-state index in [0.717, 1.165) is 66.3 Å². The van der Waals surface area contributed by atoms with Crippen LogP contribution in [0, 0.1) is 0 Å². The fourth-order valence-corrected chi connectivity index (χ4v) is 7.73. The van der Waals surface area contributed by atoms with Gasteiger partial charge in [0.2, 0.25) is 0 Å². The Kier molecular flexibility index (Phi) is 8.35. The fraction of sp³-hybridized carbons (Fsp3) is 0.500. The zero-order chi connectivity index (χ0) is 35.6. The molecule has 0 saturated carbocycles. The van der Waals surface area contributed by atoms with Crippen LogP contribution in [-0.2, 0) is 21.3 Å². The third kappa shape index (κ3) is 6.64. The number of likely N-dealkylation sites (tertiary alicyclic amines) is 2. The Morgan fingerprint density at radius 1 is 0.740 bits per heavy atom. The molecule has 2 fully saturated rings. The van der Waals surface area contributed by atoms with Gasteiger partial charge in [0.1, 0.15) is 22.9 Å². The third-order valence-electron chi connectivity index (χ3n) is 9.98. The highest BCUT2D eigenvalue weighted by atomic mass is 16.6. The van der Waals surface area contributed by atoms with Crippen LogP contribution < -0.4 is 0 Å². The monoisotopic (exact) mass is 678 g/mol. The Hall–Kier alpha value is -4.60. The van der Waals surface area contributed by atoms with Gasteiger partial charge in [0, 0.05) is 13.1 Å². The summed E-state index contributed by atoms with van der Waals surface area (Å²) in [5, 5.41) is 0. The molecule has 2 saturated heterocycles. The molecule has 2 aromatic carbocycles. The Morgan fingerprint density at radius 3 is 1.72 bits per heavy atom. The number of H-pyrrole nitrogens is 2. The standard InChI is InChI=1S/C40H50N6O4/c1-38(2,3)49-36(47)45-17-9-11-32(45)34-41-22-30(43-34)24-13-15-27-26(19-24)21-40(7,8)29-20-25(14-16-28(27)29)31-23-42-35(44-31)33-12-10-18-46(33)37(48)50-39(4,5)6/h13-16,19-20,22-23,32-33H,9-12,17-18,21H2,1-8H3,(H,41,43)(H,42,44). The number of ether oxygens (including phenoxy) is 2. The first-order valence-corrected chi connectivity index (χ1v) is 17.9. The summed E-state index contributed by atoms with van der Waals surface area (Å²) >= 11 is 0. The molecule has 0 spiro atoms. The molecule has 10 heteroatoms. The van der Waals surface area contributed by atoms with Crippen molar-refractivity contribution >= 4 is 12.2 Å². The molecule has 1 aliphatic carbocycles. The van der Waals surface area contributed by atoms with Crippen molar-refractivity contribution in [1.29, 1.82) is 0 Å². The molecule has 50 heavy (non-hydrogen) atoms. The lowest BCUT2D eigenvalue weighted by molar-refractivity contribution is 0.0208. The van der Waals surface area contributed by atoms with E-state index in [0.29, 0.717) is 13.1 Å². The normalized spacial score (nSPS) is 20.1. The molecule has 10 nitrogen and oxygen atoms in total. The molecular formula is C40H50N6O4. The van der Waals surface area contributed by atoms with Gasteiger partial charge in [0.25, 0.3) is 0 Å². The van der Waals surface area contributed by atoms with Crippen LogP contribution in [0.4, 0.5) is 9.59 Å². The first-order chi connectivity index (χ1) is 23.6. The second-order valence-corrected chi connectivity index (χ2v) is 16.7. The first kappa shape index (κ1) is 33.9. The van der Waals surface area contributed by atoms with E-state index in [1.165, 1.54) is 22.3 Å². The fourth-order valence-electron chi connectivity index (χ4n) is 7.73. The number of hydrogen-bond acceptors (Lipinski definition) is 6. The molecule has 2 unspecified atom stereocenters. The lowest BCUT2D eigenvalue weighted by Crippen LogP contribution is -2.36. The maximum Gasteiger partial charge on any atom is 0.410 e. The van der Waals surface area contributed by atoms with Gasteiger partial charge >= 0.3 is 12.2 Å². The highest BCUT2D eigenvalue weighted by molar-refractivity contribution is 5.80. The van der Waals surface area contributed by atoms with Crippen molar-refractivity contribution in [1.82, 2.24) is 29.7 Å². The molecule has 2 atom stereocenters. The van der Waals surface area contributed by atoms with E-state index in [1.54, 1.807) is 9.80 Å². The van der Waals surface area contributed by atoms with E-state index in [4.69, 9.17) is 19.4 Å². The Balaban J connectivity index is 1.12. The van der Waals surface area contributed by atoms with Crippen LogP contribution in [0.2, 0.25) is 0 Å². The third-order valence-corrected chi connectivity index (χ3v) is 9.98. The molecule has 2 aromatic heterocycles. The maximum atomic E-state index is 12.9. The van der Waals surface area contributed by atoms with Crippen molar-refractivity contribution in [2.75, 3.05) is 13.1 Å². The number of benzene rings is 2. The van der Waals surface area contributed by atoms with E-state index in [-0.39, 0.29) is 29.7 Å². The number of imidazole rings is 2. The molecule has 4 heterocycles. The summed E-state index contributed by atoms with van der Waals surface area (Å²) in [6, 6.07) is 13.1. The van der Waals surface area contributed by atoms with Crippen LogP contribution in [0.15, 0.2) is 48.8 Å². The minimum Gasteiger partial charge on any atom is -0.444 e. The summed E-state index contributed by atoms with van der Waals surface area (Å²) < 4.78 is 11.4. The van der Waals surface area contributed by atoms with E-state index in [2.05, 4.69) is 60.2 Å². The van der Waals surface area contributed by atoms with Gasteiger partial charge in [-0.25, -0.2) is 19.6 Å². The number of nitrogens with one attached hydrogen (secondary N) is 2. The number of nitrogens with zero attached hydrogens (tertiary/aromatic N) is 4. The topological polar surface area (TPSA) is 116 Å². The van der Waals surface area contributed by atoms with E-state index in [9.17, 15) is 9.59 Å². The number of aromatic amines is 2. The van der Waals surface area contributed by atoms with Gasteiger partial charge < -0.3 is 19.4 Å². The molecule has 4 aromatic rings. The van der Waals surface area contributed by atoms with Crippen LogP contribution in [-0.4, -0.2) is 66.2 Å². The van der Waals surface area contributed by atoms with Crippen molar-refractivity contribution in [2.24, 2.45) is 0 Å². The van der Waals surface area contributed by atoms with Crippen molar-refractivity contribution < 1.29 is 19.1 Å². The molecule has 0 bridgehead atoms. The predicted octanol–water partition coefficient (Wildman–Crippen LogP) is 9.11. The lowest BCUT2D eigenvalue weighted by atomic mass is 9.69. The summed E-state index contributed by atoms with van der Waals surface area (Å²) in [7, 11) is 0. The van der Waals surface area contributed by atoms with Crippen molar-refractivity contribution in [3.8, 4) is 33.6 Å². The zero-order valence-electron chi connectivity index (χ0n) is 30.6. The van der Waals surface area contributed by atoms with Gasteiger partial charge in [0.15, 0.2) is 0 Å². The lowest BCUT2D eigenvalue weighted by Gasteiger charge is -2.35. The highest BCUT2D eigenvalue weighted by Crippen LogP contribution is 2.46. The molecule has 2 N–H and O–H groups in total. The highest BCUT2D eigenvalue weighted by Gasteiger charge is 2.37. The zero-order valence-corrected chi connectivity index (χ0v) is 30.6. The molecule has 7 rings (SSSR count). The van der Waals surface area contributed by atoms with Crippen LogP contribution in [0.3, 0.4) is 0 Å². The Labute approximate surface area is 295 Å². The molecule has 0 radical (unpaired) electrons. The van der Waals surface area contributed by atoms with Gasteiger partial charge in [-0.3, -0.25) is 9.80 Å². The van der Waals surface area contributed by atoms with Crippen LogP contribution in [0.1, 0.15) is 116 Å². The van der Waals surface area contributed by atoms with E-state index < -0.39 is 11.2 Å². The van der Waals surface area contributed by atoms with Gasteiger partial charge in [-0.1, -0.05) is 38.1 Å². The van der Waals surface area contributed by atoms with Crippen LogP contribution in [0.25, 0.3) is 33.6 Å².